The second-order valence-electron chi connectivity index (χ2n) is 5.20. The molecule has 0 aromatic heterocycles. The number of carbonyl (C=O) groups is 1. The van der Waals surface area contributed by atoms with Crippen molar-refractivity contribution in [2.45, 2.75) is 0 Å². The molecular formula is C20H13ClFNO2. The fourth-order valence-electron chi connectivity index (χ4n) is 2.05. The van der Waals surface area contributed by atoms with E-state index >= 15 is 0 Å². The van der Waals surface area contributed by atoms with Crippen LogP contribution in [-0.4, -0.2) is 12.2 Å². The highest BCUT2D eigenvalue weighted by Gasteiger charge is 2.08. The lowest BCUT2D eigenvalue weighted by atomic mass is 10.2. The summed E-state index contributed by atoms with van der Waals surface area (Å²) in [6.07, 6.45) is 1.65. The molecule has 3 aromatic rings. The van der Waals surface area contributed by atoms with E-state index in [-0.39, 0.29) is 5.82 Å². The molecule has 0 fully saturated rings. The second kappa shape index (κ2) is 7.73. The molecule has 0 aliphatic heterocycles. The van der Waals surface area contributed by atoms with Crippen LogP contribution >= 0.6 is 11.6 Å². The van der Waals surface area contributed by atoms with Crippen molar-refractivity contribution in [1.29, 1.82) is 0 Å². The molecule has 3 aromatic carbocycles. The van der Waals surface area contributed by atoms with Crippen LogP contribution in [0.15, 0.2) is 77.8 Å². The molecule has 25 heavy (non-hydrogen) atoms. The Balaban J connectivity index is 1.64. The van der Waals surface area contributed by atoms with Gasteiger partial charge in [0, 0.05) is 11.2 Å². The summed E-state index contributed by atoms with van der Waals surface area (Å²) in [4.78, 5) is 16.3. The number of hydrogen-bond acceptors (Lipinski definition) is 3. The van der Waals surface area contributed by atoms with Crippen molar-refractivity contribution in [1.82, 2.24) is 0 Å². The zero-order valence-electron chi connectivity index (χ0n) is 13.0. The van der Waals surface area contributed by atoms with Gasteiger partial charge in [-0.3, -0.25) is 4.99 Å². The quantitative estimate of drug-likeness (QED) is 0.355. The van der Waals surface area contributed by atoms with E-state index in [1.165, 1.54) is 12.1 Å². The minimum Gasteiger partial charge on any atom is -0.423 e. The highest BCUT2D eigenvalue weighted by molar-refractivity contribution is 6.30. The van der Waals surface area contributed by atoms with Gasteiger partial charge in [0.2, 0.25) is 0 Å². The topological polar surface area (TPSA) is 38.7 Å². The van der Waals surface area contributed by atoms with Crippen molar-refractivity contribution in [2.24, 2.45) is 4.99 Å². The van der Waals surface area contributed by atoms with Crippen molar-refractivity contribution in [2.75, 3.05) is 0 Å². The molecule has 0 bridgehead atoms. The lowest BCUT2D eigenvalue weighted by Crippen LogP contribution is -2.08. The zero-order chi connectivity index (χ0) is 17.6. The van der Waals surface area contributed by atoms with Gasteiger partial charge in [-0.1, -0.05) is 11.6 Å². The number of esters is 1. The number of carbonyl (C=O) groups excluding carboxylic acids is 1. The van der Waals surface area contributed by atoms with Crippen LogP contribution in [0.2, 0.25) is 5.02 Å². The number of nitrogens with zero attached hydrogens (tertiary/aromatic N) is 1. The number of halogens is 2. The number of benzene rings is 3. The Morgan fingerprint density at radius 3 is 2.20 bits per heavy atom. The standard InChI is InChI=1S/C20H13ClFNO2/c21-16-5-3-15(4-6-16)20(24)25-19-11-1-14(2-12-19)13-23-18-9-7-17(22)8-10-18/h1-13H. The molecule has 0 aliphatic rings. The molecule has 0 unspecified atom stereocenters. The third-order valence-corrected chi connectivity index (χ3v) is 3.61. The maximum absolute atomic E-state index is 12.8. The van der Waals surface area contributed by atoms with Crippen molar-refractivity contribution in [3.63, 3.8) is 0 Å². The molecule has 3 nitrogen and oxygen atoms in total. The summed E-state index contributed by atoms with van der Waals surface area (Å²) in [7, 11) is 0. The molecule has 124 valence electrons. The van der Waals surface area contributed by atoms with E-state index in [2.05, 4.69) is 4.99 Å². The number of hydrogen-bond donors (Lipinski definition) is 0. The molecule has 0 radical (unpaired) electrons. The van der Waals surface area contributed by atoms with Crippen molar-refractivity contribution in [3.05, 3.63) is 94.8 Å². The van der Waals surface area contributed by atoms with Crippen molar-refractivity contribution in [3.8, 4) is 5.75 Å². The summed E-state index contributed by atoms with van der Waals surface area (Å²) < 4.78 is 18.1. The molecule has 0 aliphatic carbocycles. The molecule has 3 rings (SSSR count). The zero-order valence-corrected chi connectivity index (χ0v) is 13.8. The van der Waals surface area contributed by atoms with Gasteiger partial charge in [0.05, 0.1) is 11.3 Å². The number of aliphatic imine (C=N–C) groups is 1. The third kappa shape index (κ3) is 4.75. The molecular weight excluding hydrogens is 341 g/mol. The number of ether oxygens (including phenoxy) is 1. The minimum atomic E-state index is -0.454. The van der Waals surface area contributed by atoms with E-state index in [1.54, 1.807) is 66.9 Å². The number of rotatable bonds is 4. The molecule has 0 amide bonds. The summed E-state index contributed by atoms with van der Waals surface area (Å²) in [6.45, 7) is 0. The van der Waals surface area contributed by atoms with Crippen molar-refractivity contribution >= 4 is 29.5 Å². The van der Waals surface area contributed by atoms with E-state index < -0.39 is 5.97 Å². The van der Waals surface area contributed by atoms with E-state index in [1.807, 2.05) is 0 Å². The Hall–Kier alpha value is -2.98. The van der Waals surface area contributed by atoms with Crippen LogP contribution in [0.3, 0.4) is 0 Å². The summed E-state index contributed by atoms with van der Waals surface area (Å²) >= 11 is 5.79. The highest BCUT2D eigenvalue weighted by atomic mass is 35.5. The second-order valence-corrected chi connectivity index (χ2v) is 5.64. The lowest BCUT2D eigenvalue weighted by Gasteiger charge is -2.04. The third-order valence-electron chi connectivity index (χ3n) is 3.36. The van der Waals surface area contributed by atoms with Crippen LogP contribution in [0.1, 0.15) is 15.9 Å². The summed E-state index contributed by atoms with van der Waals surface area (Å²) in [5.74, 6) is -0.325. The summed E-state index contributed by atoms with van der Waals surface area (Å²) in [5.41, 5.74) is 1.90. The van der Waals surface area contributed by atoms with Gasteiger partial charge in [0.25, 0.3) is 0 Å². The maximum Gasteiger partial charge on any atom is 0.343 e. The first-order chi connectivity index (χ1) is 12.1. The molecule has 0 heterocycles. The van der Waals surface area contributed by atoms with Crippen LogP contribution < -0.4 is 4.74 Å². The largest absolute Gasteiger partial charge is 0.423 e. The predicted octanol–water partition coefficient (Wildman–Crippen LogP) is 5.45. The fourth-order valence-corrected chi connectivity index (χ4v) is 2.18. The lowest BCUT2D eigenvalue weighted by molar-refractivity contribution is 0.0735. The molecule has 0 spiro atoms. The molecule has 0 saturated heterocycles. The fraction of sp³-hybridized carbons (Fsp3) is 0. The van der Waals surface area contributed by atoms with Crippen LogP contribution in [0, 0.1) is 5.82 Å². The molecule has 0 N–H and O–H groups in total. The van der Waals surface area contributed by atoms with Gasteiger partial charge in [-0.15, -0.1) is 0 Å². The Labute approximate surface area is 149 Å². The Bertz CT molecular complexity index is 888. The highest BCUT2D eigenvalue weighted by Crippen LogP contribution is 2.16. The summed E-state index contributed by atoms with van der Waals surface area (Å²) in [5, 5.41) is 0.557. The minimum absolute atomic E-state index is 0.300. The van der Waals surface area contributed by atoms with Crippen molar-refractivity contribution < 1.29 is 13.9 Å². The Kier molecular flexibility index (Phi) is 5.21. The van der Waals surface area contributed by atoms with Crippen LogP contribution in [0.4, 0.5) is 10.1 Å². The van der Waals surface area contributed by atoms with Gasteiger partial charge < -0.3 is 4.74 Å². The van der Waals surface area contributed by atoms with E-state index in [9.17, 15) is 9.18 Å². The monoisotopic (exact) mass is 353 g/mol. The van der Waals surface area contributed by atoms with Crippen LogP contribution in [0.25, 0.3) is 0 Å². The average Bonchev–Trinajstić information content (AvgIpc) is 2.63. The Morgan fingerprint density at radius 2 is 1.56 bits per heavy atom. The molecule has 5 heteroatoms. The first-order valence-electron chi connectivity index (χ1n) is 7.47. The van der Waals surface area contributed by atoms with Gasteiger partial charge in [-0.25, -0.2) is 9.18 Å². The first kappa shape index (κ1) is 16.9. The van der Waals surface area contributed by atoms with Gasteiger partial charge in [-0.05, 0) is 78.4 Å². The maximum atomic E-state index is 12.8. The van der Waals surface area contributed by atoms with E-state index in [0.29, 0.717) is 22.0 Å². The SMILES string of the molecule is O=C(Oc1ccc(C=Nc2ccc(F)cc2)cc1)c1ccc(Cl)cc1. The average molecular weight is 354 g/mol. The van der Waals surface area contributed by atoms with Gasteiger partial charge in [0.1, 0.15) is 11.6 Å². The van der Waals surface area contributed by atoms with Crippen LogP contribution in [-0.2, 0) is 0 Å². The Morgan fingerprint density at radius 1 is 0.920 bits per heavy atom. The predicted molar refractivity (Wildman–Crippen MR) is 96.5 cm³/mol. The summed E-state index contributed by atoms with van der Waals surface area (Å²) in [6, 6.07) is 19.3. The molecule has 0 saturated carbocycles. The molecule has 0 atom stereocenters. The van der Waals surface area contributed by atoms with E-state index in [4.69, 9.17) is 16.3 Å². The van der Waals surface area contributed by atoms with Gasteiger partial charge >= 0.3 is 5.97 Å². The van der Waals surface area contributed by atoms with Gasteiger partial charge in [-0.2, -0.15) is 0 Å². The van der Waals surface area contributed by atoms with Gasteiger partial charge in [0.15, 0.2) is 0 Å². The first-order valence-corrected chi connectivity index (χ1v) is 7.85. The normalized spacial score (nSPS) is 10.8. The van der Waals surface area contributed by atoms with Crippen LogP contribution in [0.5, 0.6) is 5.75 Å². The van der Waals surface area contributed by atoms with E-state index in [0.717, 1.165) is 5.56 Å². The smallest absolute Gasteiger partial charge is 0.343 e.